The van der Waals surface area contributed by atoms with Gasteiger partial charge in [0.25, 0.3) is 5.91 Å². The number of rotatable bonds is 8. The number of imidazole rings is 1. The number of fused-ring (bicyclic) bond motifs is 1. The number of halogens is 1. The predicted molar refractivity (Wildman–Crippen MR) is 126 cm³/mol. The Labute approximate surface area is 192 Å². The molecule has 1 aliphatic rings. The smallest absolute Gasteiger partial charge is 0.252 e. The highest BCUT2D eigenvalue weighted by atomic mass is 35.5. The number of H-pyrrole nitrogens is 1. The Morgan fingerprint density at radius 2 is 2.16 bits per heavy atom. The van der Waals surface area contributed by atoms with Gasteiger partial charge in [0, 0.05) is 43.2 Å². The molecule has 0 spiro atoms. The topological polar surface area (TPSA) is 106 Å². The number of ether oxygens (including phenoxy) is 2. The molecule has 1 saturated heterocycles. The van der Waals surface area contributed by atoms with Crippen LogP contribution in [0.5, 0.6) is 5.75 Å². The first kappa shape index (κ1) is 22.4. The fourth-order valence-corrected chi connectivity index (χ4v) is 4.67. The number of hydrogen-bond donors (Lipinski definition) is 3. The lowest BCUT2D eigenvalue weighted by Crippen LogP contribution is -2.45. The maximum absolute atomic E-state index is 11.9. The Hall–Kier alpha value is -2.81. The molecule has 4 N–H and O–H groups in total. The van der Waals surface area contributed by atoms with Crippen LogP contribution < -0.4 is 15.8 Å². The molecule has 1 amide bonds. The second kappa shape index (κ2) is 9.77. The van der Waals surface area contributed by atoms with Gasteiger partial charge in [-0.15, -0.1) is 0 Å². The molecule has 1 fully saturated rings. The molecule has 8 nitrogen and oxygen atoms in total. The number of primary amides is 1. The van der Waals surface area contributed by atoms with E-state index in [1.807, 2.05) is 30.3 Å². The summed E-state index contributed by atoms with van der Waals surface area (Å²) in [5.41, 5.74) is 8.66. The fourth-order valence-electron chi connectivity index (χ4n) is 4.45. The van der Waals surface area contributed by atoms with Crippen LogP contribution >= 0.6 is 11.6 Å². The highest BCUT2D eigenvalue weighted by molar-refractivity contribution is 6.31. The summed E-state index contributed by atoms with van der Waals surface area (Å²) in [7, 11) is 3.25. The Balaban J connectivity index is 1.41. The molecule has 2 unspecified atom stereocenters. The van der Waals surface area contributed by atoms with Gasteiger partial charge >= 0.3 is 0 Å². The molecule has 32 heavy (non-hydrogen) atoms. The van der Waals surface area contributed by atoms with Crippen molar-refractivity contribution in [2.24, 2.45) is 5.73 Å². The summed E-state index contributed by atoms with van der Waals surface area (Å²) >= 11 is 6.29. The number of likely N-dealkylation sites (tertiary alicyclic amines) is 1. The second-order valence-corrected chi connectivity index (χ2v) is 8.38. The van der Waals surface area contributed by atoms with E-state index in [0.717, 1.165) is 55.1 Å². The van der Waals surface area contributed by atoms with Crippen molar-refractivity contribution in [1.29, 1.82) is 0 Å². The number of piperidine rings is 1. The van der Waals surface area contributed by atoms with Gasteiger partial charge in [-0.3, -0.25) is 9.69 Å². The number of nitrogens with two attached hydrogens (primary N) is 1. The normalized spacial score (nSPS) is 19.2. The molecule has 9 heteroatoms. The van der Waals surface area contributed by atoms with E-state index in [-0.39, 0.29) is 12.0 Å². The number of aromatic amines is 1. The average molecular weight is 458 g/mol. The van der Waals surface area contributed by atoms with Gasteiger partial charge in [-0.05, 0) is 37.2 Å². The molecular weight excluding hydrogens is 430 g/mol. The molecule has 2 heterocycles. The number of para-hydroxylation sites is 2. The molecule has 0 radical (unpaired) electrons. The number of methoxy groups -OCH3 is 2. The first-order chi connectivity index (χ1) is 15.5. The minimum absolute atomic E-state index is 0.0475. The Morgan fingerprint density at radius 3 is 2.88 bits per heavy atom. The average Bonchev–Trinajstić information content (AvgIpc) is 3.21. The highest BCUT2D eigenvalue weighted by Crippen LogP contribution is 2.39. The third-order valence-electron chi connectivity index (χ3n) is 6.01. The summed E-state index contributed by atoms with van der Waals surface area (Å²) in [5.74, 6) is 0.737. The highest BCUT2D eigenvalue weighted by Gasteiger charge is 2.33. The summed E-state index contributed by atoms with van der Waals surface area (Å²) in [4.78, 5) is 22.1. The maximum atomic E-state index is 11.9. The van der Waals surface area contributed by atoms with Crippen molar-refractivity contribution in [2.45, 2.75) is 18.4 Å². The number of benzene rings is 2. The summed E-state index contributed by atoms with van der Waals surface area (Å²) in [5, 5.41) is 3.82. The van der Waals surface area contributed by atoms with Crippen molar-refractivity contribution in [3.05, 3.63) is 52.5 Å². The molecular formula is C23H28ClN5O3. The van der Waals surface area contributed by atoms with E-state index in [1.165, 1.54) is 0 Å². The van der Waals surface area contributed by atoms with Crippen LogP contribution in [0, 0.1) is 0 Å². The van der Waals surface area contributed by atoms with Gasteiger partial charge in [0.15, 0.2) is 0 Å². The number of hydrogen-bond acceptors (Lipinski definition) is 6. The van der Waals surface area contributed by atoms with E-state index in [0.29, 0.717) is 16.3 Å². The van der Waals surface area contributed by atoms with Crippen LogP contribution in [0.1, 0.15) is 28.3 Å². The molecule has 0 aliphatic carbocycles. The lowest BCUT2D eigenvalue weighted by atomic mass is 9.85. The lowest BCUT2D eigenvalue weighted by Gasteiger charge is -2.38. The van der Waals surface area contributed by atoms with Crippen LogP contribution in [-0.2, 0) is 4.74 Å². The first-order valence-electron chi connectivity index (χ1n) is 10.6. The third kappa shape index (κ3) is 4.67. The Kier molecular flexibility index (Phi) is 6.83. The van der Waals surface area contributed by atoms with E-state index >= 15 is 0 Å². The zero-order valence-electron chi connectivity index (χ0n) is 18.2. The number of carbonyl (C=O) groups excluding carboxylic acids is 1. The molecule has 4 rings (SSSR count). The van der Waals surface area contributed by atoms with Gasteiger partial charge in [-0.25, -0.2) is 4.98 Å². The van der Waals surface area contributed by atoms with Gasteiger partial charge in [0.1, 0.15) is 5.75 Å². The Bertz CT molecular complexity index is 1070. The molecule has 0 saturated carbocycles. The standard InChI is InChI=1S/C23H28ClN5O3/c1-31-20-13-29(10-8-26-23-27-18-5-3-4-6-19(18)28-23)9-7-15(20)16-11-14(24)12-17(22(25)30)21(16)32-2/h3-6,11-12,15,20H,7-10,13H2,1-2H3,(H2,25,30)(H2,26,27,28). The molecule has 2 aromatic carbocycles. The number of nitrogens with zero attached hydrogens (tertiary/aromatic N) is 2. The molecule has 2 atom stereocenters. The van der Waals surface area contributed by atoms with Gasteiger partial charge in [0.2, 0.25) is 5.95 Å². The molecule has 170 valence electrons. The van der Waals surface area contributed by atoms with Crippen molar-refractivity contribution in [2.75, 3.05) is 45.7 Å². The fraction of sp³-hybridized carbons (Fsp3) is 0.391. The predicted octanol–water partition coefficient (Wildman–Crippen LogP) is 3.24. The summed E-state index contributed by atoms with van der Waals surface area (Å²) in [6.07, 6.45) is 0.779. The minimum Gasteiger partial charge on any atom is -0.496 e. The third-order valence-corrected chi connectivity index (χ3v) is 6.23. The van der Waals surface area contributed by atoms with Gasteiger partial charge in [0.05, 0.1) is 29.8 Å². The number of nitrogens with one attached hydrogen (secondary N) is 2. The largest absolute Gasteiger partial charge is 0.496 e. The van der Waals surface area contributed by atoms with Crippen LogP contribution in [0.25, 0.3) is 11.0 Å². The monoisotopic (exact) mass is 457 g/mol. The zero-order chi connectivity index (χ0) is 22.7. The molecule has 3 aromatic rings. The number of carbonyl (C=O) groups is 1. The van der Waals surface area contributed by atoms with Gasteiger partial charge < -0.3 is 25.5 Å². The van der Waals surface area contributed by atoms with Crippen LogP contribution in [0.15, 0.2) is 36.4 Å². The van der Waals surface area contributed by atoms with Crippen molar-refractivity contribution in [1.82, 2.24) is 14.9 Å². The maximum Gasteiger partial charge on any atom is 0.252 e. The van der Waals surface area contributed by atoms with Gasteiger partial charge in [-0.2, -0.15) is 0 Å². The second-order valence-electron chi connectivity index (χ2n) is 7.94. The van der Waals surface area contributed by atoms with E-state index in [4.69, 9.17) is 26.8 Å². The Morgan fingerprint density at radius 1 is 1.34 bits per heavy atom. The van der Waals surface area contributed by atoms with E-state index in [2.05, 4.69) is 20.2 Å². The van der Waals surface area contributed by atoms with Crippen LogP contribution in [0.3, 0.4) is 0 Å². The van der Waals surface area contributed by atoms with Crippen molar-refractivity contribution in [3.8, 4) is 5.75 Å². The van der Waals surface area contributed by atoms with Crippen LogP contribution in [0.4, 0.5) is 5.95 Å². The van der Waals surface area contributed by atoms with Gasteiger partial charge in [-0.1, -0.05) is 23.7 Å². The van der Waals surface area contributed by atoms with Crippen LogP contribution in [-0.4, -0.2) is 67.3 Å². The number of anilines is 1. The molecule has 1 aliphatic heterocycles. The summed E-state index contributed by atoms with van der Waals surface area (Å²) < 4.78 is 11.4. The molecule has 0 bridgehead atoms. The van der Waals surface area contributed by atoms with Crippen LogP contribution in [0.2, 0.25) is 5.02 Å². The van der Waals surface area contributed by atoms with Crippen molar-refractivity contribution < 1.29 is 14.3 Å². The molecule has 1 aromatic heterocycles. The van der Waals surface area contributed by atoms with Crippen molar-refractivity contribution in [3.63, 3.8) is 0 Å². The zero-order valence-corrected chi connectivity index (χ0v) is 19.0. The lowest BCUT2D eigenvalue weighted by molar-refractivity contribution is 0.0153. The van der Waals surface area contributed by atoms with Crippen molar-refractivity contribution >= 4 is 34.5 Å². The minimum atomic E-state index is -0.561. The SMILES string of the molecule is COc1c(C(N)=O)cc(Cl)cc1C1CCN(CCNc2nc3ccccc3[nH]2)CC1OC. The summed E-state index contributed by atoms with van der Waals surface area (Å²) in [6, 6.07) is 11.4. The summed E-state index contributed by atoms with van der Waals surface area (Å²) in [6.45, 7) is 3.24. The van der Waals surface area contributed by atoms with E-state index in [9.17, 15) is 4.79 Å². The quantitative estimate of drug-likeness (QED) is 0.479. The first-order valence-corrected chi connectivity index (χ1v) is 11.0. The number of aromatic nitrogens is 2. The van der Waals surface area contributed by atoms with E-state index in [1.54, 1.807) is 20.3 Å². The number of amides is 1. The van der Waals surface area contributed by atoms with E-state index < -0.39 is 5.91 Å².